The largest absolute Gasteiger partial charge is 0.324 e. The minimum absolute atomic E-state index is 0.174. The second-order valence-corrected chi connectivity index (χ2v) is 7.07. The molecule has 2 N–H and O–H groups in total. The van der Waals surface area contributed by atoms with Crippen LogP contribution in [0.3, 0.4) is 0 Å². The topological polar surface area (TPSA) is 88.9 Å². The van der Waals surface area contributed by atoms with Gasteiger partial charge in [0.25, 0.3) is 5.91 Å². The average Bonchev–Trinajstić information content (AvgIpc) is 3.24. The van der Waals surface area contributed by atoms with Crippen molar-refractivity contribution in [2.24, 2.45) is 0 Å². The third-order valence-corrected chi connectivity index (χ3v) is 4.77. The van der Waals surface area contributed by atoms with Crippen LogP contribution in [-0.4, -0.2) is 32.8 Å². The van der Waals surface area contributed by atoms with E-state index in [1.165, 1.54) is 22.9 Å². The van der Waals surface area contributed by atoms with Crippen molar-refractivity contribution in [3.8, 4) is 0 Å². The van der Waals surface area contributed by atoms with Gasteiger partial charge in [-0.25, -0.2) is 9.67 Å². The van der Waals surface area contributed by atoms with Gasteiger partial charge in [0, 0.05) is 22.7 Å². The van der Waals surface area contributed by atoms with E-state index in [1.54, 1.807) is 43.0 Å². The molecule has 7 nitrogen and oxygen atoms in total. The minimum Gasteiger partial charge on any atom is -0.324 e. The summed E-state index contributed by atoms with van der Waals surface area (Å²) >= 11 is 1.74. The van der Waals surface area contributed by atoms with Gasteiger partial charge in [-0.3, -0.25) is 9.59 Å². The first-order valence-corrected chi connectivity index (χ1v) is 10.1. The molecule has 0 spiro atoms. The highest BCUT2D eigenvalue weighted by atomic mass is 32.2. The molecule has 0 aliphatic carbocycles. The molecule has 2 aromatic carbocycles. The van der Waals surface area contributed by atoms with Crippen molar-refractivity contribution in [2.75, 3.05) is 16.9 Å². The van der Waals surface area contributed by atoms with Crippen LogP contribution in [0.1, 0.15) is 28.9 Å². The van der Waals surface area contributed by atoms with E-state index in [1.807, 2.05) is 30.5 Å². The molecule has 144 valence electrons. The number of nitrogens with one attached hydrogen (secondary N) is 2. The van der Waals surface area contributed by atoms with Crippen LogP contribution in [0.25, 0.3) is 0 Å². The molecule has 0 aliphatic heterocycles. The number of thioether (sulfide) groups is 1. The highest BCUT2D eigenvalue weighted by Gasteiger charge is 2.15. The highest BCUT2D eigenvalue weighted by molar-refractivity contribution is 7.97. The Kier molecular flexibility index (Phi) is 6.44. The van der Waals surface area contributed by atoms with E-state index >= 15 is 0 Å². The zero-order chi connectivity index (χ0) is 19.9. The van der Waals surface area contributed by atoms with Gasteiger partial charge in [0.05, 0.1) is 0 Å². The Morgan fingerprint density at radius 2 is 1.68 bits per heavy atom. The highest BCUT2D eigenvalue weighted by Crippen LogP contribution is 2.17. The molecule has 0 radical (unpaired) electrons. The van der Waals surface area contributed by atoms with Gasteiger partial charge < -0.3 is 10.6 Å². The Morgan fingerprint density at radius 3 is 2.25 bits per heavy atom. The van der Waals surface area contributed by atoms with Gasteiger partial charge >= 0.3 is 0 Å². The van der Waals surface area contributed by atoms with E-state index in [9.17, 15) is 9.59 Å². The quantitative estimate of drug-likeness (QED) is 0.638. The predicted molar refractivity (Wildman–Crippen MR) is 111 cm³/mol. The van der Waals surface area contributed by atoms with Gasteiger partial charge in [0.15, 0.2) is 0 Å². The molecule has 0 bridgehead atoms. The van der Waals surface area contributed by atoms with E-state index in [2.05, 4.69) is 20.7 Å². The van der Waals surface area contributed by atoms with Gasteiger partial charge in [-0.15, -0.1) is 0 Å². The van der Waals surface area contributed by atoms with Crippen LogP contribution in [0.15, 0.2) is 61.2 Å². The van der Waals surface area contributed by atoms with Crippen molar-refractivity contribution in [1.29, 1.82) is 0 Å². The van der Waals surface area contributed by atoms with E-state index < -0.39 is 6.04 Å². The molecule has 3 aromatic rings. The van der Waals surface area contributed by atoms with Gasteiger partial charge in [-0.2, -0.15) is 16.9 Å². The second kappa shape index (κ2) is 9.18. The van der Waals surface area contributed by atoms with Gasteiger partial charge in [-0.05, 0) is 55.1 Å². The molecule has 0 saturated heterocycles. The number of nitrogens with zero attached hydrogens (tertiary/aromatic N) is 3. The maximum atomic E-state index is 12.4. The molecular formula is C20H21N5O2S. The van der Waals surface area contributed by atoms with Crippen molar-refractivity contribution in [3.63, 3.8) is 0 Å². The normalized spacial score (nSPS) is 11.6. The first-order valence-electron chi connectivity index (χ1n) is 8.71. The van der Waals surface area contributed by atoms with Crippen LogP contribution >= 0.6 is 11.8 Å². The summed E-state index contributed by atoms with van der Waals surface area (Å²) in [5.41, 5.74) is 3.07. The molecule has 3 rings (SSSR count). The molecule has 0 fully saturated rings. The maximum Gasteiger partial charge on any atom is 0.255 e. The molecule has 0 saturated carbocycles. The van der Waals surface area contributed by atoms with Crippen molar-refractivity contribution in [3.05, 3.63) is 72.3 Å². The number of carbonyl (C=O) groups excluding carboxylic acids is 2. The molecule has 28 heavy (non-hydrogen) atoms. The Bertz CT molecular complexity index is 924. The smallest absolute Gasteiger partial charge is 0.255 e. The molecule has 8 heteroatoms. The molecule has 1 heterocycles. The number of hydrogen-bond acceptors (Lipinski definition) is 5. The molecular weight excluding hydrogens is 374 g/mol. The van der Waals surface area contributed by atoms with E-state index in [-0.39, 0.29) is 11.8 Å². The monoisotopic (exact) mass is 395 g/mol. The zero-order valence-electron chi connectivity index (χ0n) is 15.6. The lowest BCUT2D eigenvalue weighted by Crippen LogP contribution is -2.24. The Labute approximate surface area is 167 Å². The van der Waals surface area contributed by atoms with E-state index in [0.717, 1.165) is 5.75 Å². The lowest BCUT2D eigenvalue weighted by atomic mass is 10.1. The molecule has 1 unspecified atom stereocenters. The van der Waals surface area contributed by atoms with Gasteiger partial charge in [0.1, 0.15) is 18.7 Å². The summed E-state index contributed by atoms with van der Waals surface area (Å²) in [6.07, 6.45) is 4.93. The van der Waals surface area contributed by atoms with Crippen molar-refractivity contribution in [1.82, 2.24) is 14.8 Å². The first kappa shape index (κ1) is 19.6. The summed E-state index contributed by atoms with van der Waals surface area (Å²) in [6, 6.07) is 14.1. The van der Waals surface area contributed by atoms with Crippen LogP contribution in [0.2, 0.25) is 0 Å². The fourth-order valence-corrected chi connectivity index (χ4v) is 3.07. The van der Waals surface area contributed by atoms with Crippen molar-refractivity contribution >= 4 is 35.0 Å². The SMILES string of the molecule is CSCc1ccc(C(=O)Nc2ccc(NC(=O)C(C)n3cncn3)cc2)cc1. The lowest BCUT2D eigenvalue weighted by Gasteiger charge is -2.12. The van der Waals surface area contributed by atoms with Crippen molar-refractivity contribution in [2.45, 2.75) is 18.7 Å². The Balaban J connectivity index is 1.58. The second-order valence-electron chi connectivity index (χ2n) is 6.20. The predicted octanol–water partition coefficient (Wildman–Crippen LogP) is 3.59. The third kappa shape index (κ3) is 4.98. The summed E-state index contributed by atoms with van der Waals surface area (Å²) in [5, 5.41) is 9.64. The summed E-state index contributed by atoms with van der Waals surface area (Å²) in [5.74, 6) is 0.546. The lowest BCUT2D eigenvalue weighted by molar-refractivity contribution is -0.119. The number of anilines is 2. The number of benzene rings is 2. The van der Waals surface area contributed by atoms with Gasteiger partial charge in [-0.1, -0.05) is 12.1 Å². The number of amides is 2. The Morgan fingerprint density at radius 1 is 1.04 bits per heavy atom. The zero-order valence-corrected chi connectivity index (χ0v) is 16.4. The molecule has 1 atom stereocenters. The van der Waals surface area contributed by atoms with E-state index in [0.29, 0.717) is 16.9 Å². The van der Waals surface area contributed by atoms with Crippen LogP contribution in [0.4, 0.5) is 11.4 Å². The maximum absolute atomic E-state index is 12.4. The number of carbonyl (C=O) groups is 2. The standard InChI is InChI=1S/C20H21N5O2S/c1-14(25-13-21-12-22-25)19(26)23-17-7-9-18(10-8-17)24-20(27)16-5-3-15(4-6-16)11-28-2/h3-10,12-14H,11H2,1-2H3,(H,23,26)(H,24,27). The summed E-state index contributed by atoms with van der Waals surface area (Å²) < 4.78 is 1.48. The summed E-state index contributed by atoms with van der Waals surface area (Å²) in [4.78, 5) is 28.5. The number of aromatic nitrogens is 3. The Hall–Kier alpha value is -3.13. The fraction of sp³-hybridized carbons (Fsp3) is 0.200. The summed E-state index contributed by atoms with van der Waals surface area (Å²) in [7, 11) is 0. The van der Waals surface area contributed by atoms with Crippen LogP contribution in [-0.2, 0) is 10.5 Å². The third-order valence-electron chi connectivity index (χ3n) is 4.15. The first-order chi connectivity index (χ1) is 13.6. The molecule has 0 aliphatic rings. The minimum atomic E-state index is -0.476. The van der Waals surface area contributed by atoms with Crippen molar-refractivity contribution < 1.29 is 9.59 Å². The fourth-order valence-electron chi connectivity index (χ4n) is 2.54. The van der Waals surface area contributed by atoms with Crippen LogP contribution in [0, 0.1) is 0 Å². The average molecular weight is 395 g/mol. The number of rotatable bonds is 7. The van der Waals surface area contributed by atoms with Crippen LogP contribution in [0.5, 0.6) is 0 Å². The number of hydrogen-bond donors (Lipinski definition) is 2. The molecule has 2 amide bonds. The summed E-state index contributed by atoms with van der Waals surface area (Å²) in [6.45, 7) is 1.74. The van der Waals surface area contributed by atoms with Gasteiger partial charge in [0.2, 0.25) is 5.91 Å². The molecule has 1 aromatic heterocycles. The van der Waals surface area contributed by atoms with E-state index in [4.69, 9.17) is 0 Å². The van der Waals surface area contributed by atoms with Crippen LogP contribution < -0.4 is 10.6 Å².